The standard InChI is InChI=1S/C16H19NO3/c1-16(2,3)15(18)12(10-17)9-11-7-6-8-13(19-4)14(11)20-5/h6-9H,1-5H3. The van der Waals surface area contributed by atoms with Gasteiger partial charge in [0.25, 0.3) is 0 Å². The van der Waals surface area contributed by atoms with Gasteiger partial charge in [-0.1, -0.05) is 32.9 Å². The third kappa shape index (κ3) is 3.39. The van der Waals surface area contributed by atoms with Crippen molar-refractivity contribution in [1.29, 1.82) is 5.26 Å². The Bertz CT molecular complexity index is 574. The highest BCUT2D eigenvalue weighted by Gasteiger charge is 2.25. The molecule has 0 saturated carbocycles. The summed E-state index contributed by atoms with van der Waals surface area (Å²) in [7, 11) is 3.06. The topological polar surface area (TPSA) is 59.3 Å². The van der Waals surface area contributed by atoms with Gasteiger partial charge in [0.05, 0.1) is 19.8 Å². The van der Waals surface area contributed by atoms with Crippen molar-refractivity contribution in [2.75, 3.05) is 14.2 Å². The van der Waals surface area contributed by atoms with Crippen LogP contribution >= 0.6 is 0 Å². The second-order valence-corrected chi connectivity index (χ2v) is 5.33. The third-order valence-electron chi connectivity index (χ3n) is 2.78. The molecule has 0 fully saturated rings. The molecule has 106 valence electrons. The highest BCUT2D eigenvalue weighted by molar-refractivity contribution is 6.06. The molecule has 0 saturated heterocycles. The molecule has 20 heavy (non-hydrogen) atoms. The van der Waals surface area contributed by atoms with Crippen LogP contribution in [0.3, 0.4) is 0 Å². The van der Waals surface area contributed by atoms with Gasteiger partial charge in [0, 0.05) is 11.0 Å². The van der Waals surface area contributed by atoms with Crippen LogP contribution < -0.4 is 9.47 Å². The Balaban J connectivity index is 3.35. The lowest BCUT2D eigenvalue weighted by molar-refractivity contribution is -0.121. The number of ether oxygens (including phenoxy) is 2. The molecule has 0 amide bonds. The van der Waals surface area contributed by atoms with E-state index >= 15 is 0 Å². The number of benzene rings is 1. The minimum atomic E-state index is -0.604. The molecule has 0 radical (unpaired) electrons. The summed E-state index contributed by atoms with van der Waals surface area (Å²) in [6, 6.07) is 7.27. The highest BCUT2D eigenvalue weighted by Crippen LogP contribution is 2.33. The summed E-state index contributed by atoms with van der Waals surface area (Å²) in [5.74, 6) is 0.857. The first-order chi connectivity index (χ1) is 9.35. The maximum absolute atomic E-state index is 12.2. The van der Waals surface area contributed by atoms with Gasteiger partial charge in [-0.3, -0.25) is 4.79 Å². The molecular formula is C16H19NO3. The van der Waals surface area contributed by atoms with Crippen molar-refractivity contribution >= 4 is 11.9 Å². The van der Waals surface area contributed by atoms with Crippen molar-refractivity contribution < 1.29 is 14.3 Å². The lowest BCUT2D eigenvalue weighted by Crippen LogP contribution is -2.21. The number of allylic oxidation sites excluding steroid dienone is 1. The van der Waals surface area contributed by atoms with E-state index in [1.165, 1.54) is 20.3 Å². The number of Topliss-reactive ketones (excluding diaryl/α,β-unsaturated/α-hetero) is 1. The fraction of sp³-hybridized carbons (Fsp3) is 0.375. The zero-order valence-electron chi connectivity index (χ0n) is 12.5. The summed E-state index contributed by atoms with van der Waals surface area (Å²) >= 11 is 0. The van der Waals surface area contributed by atoms with Crippen LogP contribution in [-0.4, -0.2) is 20.0 Å². The number of nitriles is 1. The Hall–Kier alpha value is -2.28. The van der Waals surface area contributed by atoms with E-state index in [0.29, 0.717) is 17.1 Å². The van der Waals surface area contributed by atoms with E-state index in [1.807, 2.05) is 6.07 Å². The summed E-state index contributed by atoms with van der Waals surface area (Å²) in [4.78, 5) is 12.2. The lowest BCUT2D eigenvalue weighted by atomic mass is 9.86. The van der Waals surface area contributed by atoms with Gasteiger partial charge in [0.1, 0.15) is 6.07 Å². The van der Waals surface area contributed by atoms with Crippen LogP contribution in [0.4, 0.5) is 0 Å². The van der Waals surface area contributed by atoms with Gasteiger partial charge in [0.15, 0.2) is 17.3 Å². The highest BCUT2D eigenvalue weighted by atomic mass is 16.5. The van der Waals surface area contributed by atoms with E-state index in [9.17, 15) is 10.1 Å². The molecule has 0 bridgehead atoms. The average molecular weight is 273 g/mol. The van der Waals surface area contributed by atoms with E-state index in [-0.39, 0.29) is 11.4 Å². The predicted molar refractivity (Wildman–Crippen MR) is 77.6 cm³/mol. The molecule has 0 aliphatic rings. The van der Waals surface area contributed by atoms with Crippen molar-refractivity contribution in [3.05, 3.63) is 29.3 Å². The first-order valence-electron chi connectivity index (χ1n) is 6.22. The number of methoxy groups -OCH3 is 2. The van der Waals surface area contributed by atoms with Gasteiger partial charge in [-0.05, 0) is 12.1 Å². The normalized spacial score (nSPS) is 11.7. The van der Waals surface area contributed by atoms with Crippen molar-refractivity contribution in [2.45, 2.75) is 20.8 Å². The van der Waals surface area contributed by atoms with E-state index < -0.39 is 5.41 Å². The molecular weight excluding hydrogens is 254 g/mol. The number of carbonyl (C=O) groups is 1. The molecule has 1 aromatic rings. The summed E-state index contributed by atoms with van der Waals surface area (Å²) < 4.78 is 10.5. The minimum Gasteiger partial charge on any atom is -0.493 e. The average Bonchev–Trinajstić information content (AvgIpc) is 2.42. The van der Waals surface area contributed by atoms with Gasteiger partial charge in [-0.25, -0.2) is 0 Å². The number of ketones is 1. The van der Waals surface area contributed by atoms with Gasteiger partial charge in [0.2, 0.25) is 0 Å². The summed E-state index contributed by atoms with van der Waals surface area (Å²) in [6.07, 6.45) is 1.54. The first-order valence-corrected chi connectivity index (χ1v) is 6.22. The van der Waals surface area contributed by atoms with E-state index in [1.54, 1.807) is 39.0 Å². The molecule has 1 aromatic carbocycles. The zero-order valence-corrected chi connectivity index (χ0v) is 12.5. The van der Waals surface area contributed by atoms with Crippen LogP contribution in [0.15, 0.2) is 23.8 Å². The fourth-order valence-electron chi connectivity index (χ4n) is 1.73. The summed E-state index contributed by atoms with van der Waals surface area (Å²) in [5, 5.41) is 9.20. The molecule has 1 rings (SSSR count). The van der Waals surface area contributed by atoms with Crippen molar-refractivity contribution in [2.24, 2.45) is 5.41 Å². The zero-order chi connectivity index (χ0) is 15.3. The maximum atomic E-state index is 12.2. The van der Waals surface area contributed by atoms with Crippen molar-refractivity contribution in [1.82, 2.24) is 0 Å². The smallest absolute Gasteiger partial charge is 0.178 e. The monoisotopic (exact) mass is 273 g/mol. The Labute approximate surface area is 119 Å². The van der Waals surface area contributed by atoms with E-state index in [0.717, 1.165) is 0 Å². The van der Waals surface area contributed by atoms with Crippen molar-refractivity contribution in [3.8, 4) is 17.6 Å². The van der Waals surface area contributed by atoms with Crippen LogP contribution in [0.2, 0.25) is 0 Å². The Morgan fingerprint density at radius 1 is 1.25 bits per heavy atom. The number of hydrogen-bond donors (Lipinski definition) is 0. The first kappa shape index (κ1) is 15.8. The van der Waals surface area contributed by atoms with Gasteiger partial charge in [-0.2, -0.15) is 5.26 Å². The predicted octanol–water partition coefficient (Wildman–Crippen LogP) is 3.23. The summed E-state index contributed by atoms with van der Waals surface area (Å²) in [5.41, 5.74) is 0.137. The number of nitrogens with zero attached hydrogens (tertiary/aromatic N) is 1. The number of hydrogen-bond acceptors (Lipinski definition) is 4. The second kappa shape index (κ2) is 6.25. The second-order valence-electron chi connectivity index (χ2n) is 5.33. The third-order valence-corrected chi connectivity index (χ3v) is 2.78. The van der Waals surface area contributed by atoms with Gasteiger partial charge < -0.3 is 9.47 Å². The quantitative estimate of drug-likeness (QED) is 0.624. The Kier molecular flexibility index (Phi) is 4.93. The lowest BCUT2D eigenvalue weighted by Gasteiger charge is -2.16. The molecule has 0 aliphatic heterocycles. The van der Waals surface area contributed by atoms with Gasteiger partial charge >= 0.3 is 0 Å². The molecule has 0 atom stereocenters. The molecule has 0 aromatic heterocycles. The van der Waals surface area contributed by atoms with Crippen LogP contribution in [0.5, 0.6) is 11.5 Å². The Morgan fingerprint density at radius 3 is 2.35 bits per heavy atom. The maximum Gasteiger partial charge on any atom is 0.178 e. The number of rotatable bonds is 4. The van der Waals surface area contributed by atoms with Crippen LogP contribution in [0, 0.1) is 16.7 Å². The van der Waals surface area contributed by atoms with Crippen LogP contribution in [0.25, 0.3) is 6.08 Å². The minimum absolute atomic E-state index is 0.101. The van der Waals surface area contributed by atoms with Gasteiger partial charge in [-0.15, -0.1) is 0 Å². The molecule has 0 spiro atoms. The molecule has 0 N–H and O–H groups in total. The number of carbonyl (C=O) groups excluding carboxylic acids is 1. The molecule has 0 aliphatic carbocycles. The van der Waals surface area contributed by atoms with E-state index in [4.69, 9.17) is 9.47 Å². The number of para-hydroxylation sites is 1. The summed E-state index contributed by atoms with van der Waals surface area (Å²) in [6.45, 7) is 5.34. The molecule has 4 nitrogen and oxygen atoms in total. The molecule has 4 heteroatoms. The van der Waals surface area contributed by atoms with Crippen LogP contribution in [-0.2, 0) is 4.79 Å². The fourth-order valence-corrected chi connectivity index (χ4v) is 1.73. The van der Waals surface area contributed by atoms with E-state index in [2.05, 4.69) is 0 Å². The Morgan fingerprint density at radius 2 is 1.90 bits per heavy atom. The van der Waals surface area contributed by atoms with Crippen LogP contribution in [0.1, 0.15) is 26.3 Å². The molecule has 0 unspecified atom stereocenters. The largest absolute Gasteiger partial charge is 0.493 e. The SMILES string of the molecule is COc1cccc(C=C(C#N)C(=O)C(C)(C)C)c1OC. The molecule has 0 heterocycles. The van der Waals surface area contributed by atoms with Crippen molar-refractivity contribution in [3.63, 3.8) is 0 Å².